The number of pyridine rings is 1. The van der Waals surface area contributed by atoms with Crippen LogP contribution >= 0.6 is 11.6 Å². The molecule has 2 atom stereocenters. The molecule has 1 fully saturated rings. The summed E-state index contributed by atoms with van der Waals surface area (Å²) in [5.41, 5.74) is -0.699. The number of fused-ring (bicyclic) bond motifs is 1. The highest BCUT2D eigenvalue weighted by atomic mass is 35.5. The molecule has 2 aromatic carbocycles. The summed E-state index contributed by atoms with van der Waals surface area (Å²) < 4.78 is 92.6. The quantitative estimate of drug-likeness (QED) is 0.318. The Bertz CT molecular complexity index is 1510. The van der Waals surface area contributed by atoms with E-state index in [9.17, 15) is 35.2 Å². The normalized spacial score (nSPS) is 18.6. The Balaban J connectivity index is 1.59. The van der Waals surface area contributed by atoms with Crippen molar-refractivity contribution in [3.63, 3.8) is 0 Å². The lowest BCUT2D eigenvalue weighted by atomic mass is 9.99. The average molecular weight is 606 g/mol. The second-order valence-electron chi connectivity index (χ2n) is 9.53. The van der Waals surface area contributed by atoms with Gasteiger partial charge < -0.3 is 10.6 Å². The Kier molecular flexibility index (Phi) is 8.71. The minimum Gasteiger partial charge on any atom is -0.380 e. The molecule has 8 nitrogen and oxygen atoms in total. The molecule has 0 bridgehead atoms. The molecule has 216 valence electrons. The van der Waals surface area contributed by atoms with Crippen LogP contribution in [0.15, 0.2) is 48.5 Å². The Hall–Kier alpha value is -3.23. The van der Waals surface area contributed by atoms with Gasteiger partial charge in [0.15, 0.2) is 0 Å². The summed E-state index contributed by atoms with van der Waals surface area (Å²) in [5, 5.41) is 6.40. The molecule has 0 radical (unpaired) electrons. The number of carbonyl (C=O) groups is 1. The number of carbonyl (C=O) groups excluding carboxylic acids is 1. The number of piperidine rings is 1. The van der Waals surface area contributed by atoms with Gasteiger partial charge in [0, 0.05) is 52.5 Å². The number of amides is 1. The van der Waals surface area contributed by atoms with Gasteiger partial charge in [-0.05, 0) is 48.9 Å². The molecule has 4 rings (SSSR count). The van der Waals surface area contributed by atoms with Gasteiger partial charge >= 0.3 is 6.18 Å². The summed E-state index contributed by atoms with van der Waals surface area (Å²) in [7, 11) is -3.58. The van der Waals surface area contributed by atoms with Gasteiger partial charge in [-0.25, -0.2) is 22.2 Å². The van der Waals surface area contributed by atoms with E-state index in [2.05, 4.69) is 20.3 Å². The van der Waals surface area contributed by atoms with E-state index in [0.717, 1.165) is 12.3 Å². The molecular formula is C25H25ClF5N5O3S. The van der Waals surface area contributed by atoms with E-state index in [4.69, 9.17) is 11.6 Å². The number of aromatic nitrogens is 1. The highest BCUT2D eigenvalue weighted by Crippen LogP contribution is 2.35. The SMILES string of the molecule is CS(=O)(=O)Nc1cccc(C(=O)N[C@H]2C[C@@H](Nc3cc(C(F)(F)F)nc4ccc(Cl)cc34)CN(CC(F)F)C2)c1. The number of alkyl halides is 5. The minimum absolute atomic E-state index is 0.0504. The van der Waals surface area contributed by atoms with E-state index >= 15 is 0 Å². The molecule has 0 saturated carbocycles. The highest BCUT2D eigenvalue weighted by molar-refractivity contribution is 7.92. The number of nitrogens with zero attached hydrogens (tertiary/aromatic N) is 2. The number of anilines is 2. The zero-order valence-electron chi connectivity index (χ0n) is 21.0. The molecule has 3 N–H and O–H groups in total. The summed E-state index contributed by atoms with van der Waals surface area (Å²) in [4.78, 5) is 18.1. The maximum atomic E-state index is 13.6. The summed E-state index contributed by atoms with van der Waals surface area (Å²) in [6.07, 6.45) is -6.23. The van der Waals surface area contributed by atoms with Crippen molar-refractivity contribution in [1.29, 1.82) is 0 Å². The lowest BCUT2D eigenvalue weighted by molar-refractivity contribution is -0.140. The maximum absolute atomic E-state index is 13.6. The molecule has 0 aliphatic carbocycles. The number of nitrogens with one attached hydrogen (secondary N) is 3. The van der Waals surface area contributed by atoms with Crippen LogP contribution in [-0.2, 0) is 16.2 Å². The monoisotopic (exact) mass is 605 g/mol. The molecule has 40 heavy (non-hydrogen) atoms. The van der Waals surface area contributed by atoms with Gasteiger partial charge in [0.25, 0.3) is 12.3 Å². The van der Waals surface area contributed by atoms with Crippen molar-refractivity contribution in [3.05, 3.63) is 64.8 Å². The lowest BCUT2D eigenvalue weighted by Gasteiger charge is -2.38. The fourth-order valence-electron chi connectivity index (χ4n) is 4.63. The smallest absolute Gasteiger partial charge is 0.380 e. The van der Waals surface area contributed by atoms with Crippen LogP contribution in [0, 0.1) is 0 Å². The number of hydrogen-bond acceptors (Lipinski definition) is 6. The lowest BCUT2D eigenvalue weighted by Crippen LogP contribution is -2.55. The van der Waals surface area contributed by atoms with Crippen molar-refractivity contribution >= 4 is 49.8 Å². The van der Waals surface area contributed by atoms with E-state index in [1.807, 2.05) is 0 Å². The van der Waals surface area contributed by atoms with Crippen molar-refractivity contribution in [1.82, 2.24) is 15.2 Å². The maximum Gasteiger partial charge on any atom is 0.433 e. The van der Waals surface area contributed by atoms with Crippen LogP contribution in [-0.4, -0.2) is 68.6 Å². The fraction of sp³-hybridized carbons (Fsp3) is 0.360. The first-order chi connectivity index (χ1) is 18.7. The highest BCUT2D eigenvalue weighted by Gasteiger charge is 2.35. The topological polar surface area (TPSA) is 103 Å². The van der Waals surface area contributed by atoms with E-state index in [-0.39, 0.29) is 47.0 Å². The van der Waals surface area contributed by atoms with Crippen molar-refractivity contribution in [2.45, 2.75) is 31.1 Å². The summed E-state index contributed by atoms with van der Waals surface area (Å²) in [6.45, 7) is -0.447. The van der Waals surface area contributed by atoms with Crippen LogP contribution in [0.1, 0.15) is 22.5 Å². The van der Waals surface area contributed by atoms with Gasteiger partial charge in [-0.3, -0.25) is 14.4 Å². The summed E-state index contributed by atoms with van der Waals surface area (Å²) in [6, 6.07) is 9.54. The number of likely N-dealkylation sites (tertiary alicyclic amines) is 1. The van der Waals surface area contributed by atoms with Gasteiger partial charge in [0.05, 0.1) is 18.3 Å². The molecule has 1 aliphatic heterocycles. The van der Waals surface area contributed by atoms with Crippen LogP contribution < -0.4 is 15.4 Å². The van der Waals surface area contributed by atoms with Gasteiger partial charge in [-0.15, -0.1) is 0 Å². The molecule has 1 aliphatic rings. The van der Waals surface area contributed by atoms with Crippen molar-refractivity contribution in [2.24, 2.45) is 0 Å². The second-order valence-corrected chi connectivity index (χ2v) is 11.7. The Morgan fingerprint density at radius 3 is 2.52 bits per heavy atom. The second kappa shape index (κ2) is 11.7. The van der Waals surface area contributed by atoms with Crippen molar-refractivity contribution in [3.8, 4) is 0 Å². The van der Waals surface area contributed by atoms with E-state index in [1.165, 1.54) is 47.4 Å². The Labute approximate surface area is 231 Å². The third kappa shape index (κ3) is 7.92. The van der Waals surface area contributed by atoms with Crippen molar-refractivity contribution in [2.75, 3.05) is 35.9 Å². The summed E-state index contributed by atoms with van der Waals surface area (Å²) in [5.74, 6) is -0.569. The molecule has 1 aromatic heterocycles. The molecule has 0 spiro atoms. The van der Waals surface area contributed by atoms with Crippen LogP contribution in [0.5, 0.6) is 0 Å². The first-order valence-electron chi connectivity index (χ1n) is 12.0. The van der Waals surface area contributed by atoms with Gasteiger partial charge in [-0.2, -0.15) is 13.2 Å². The zero-order chi connectivity index (χ0) is 29.2. The molecule has 2 heterocycles. The third-order valence-electron chi connectivity index (χ3n) is 6.11. The van der Waals surface area contributed by atoms with Crippen LogP contribution in [0.2, 0.25) is 5.02 Å². The number of halogens is 6. The minimum atomic E-state index is -4.73. The summed E-state index contributed by atoms with van der Waals surface area (Å²) >= 11 is 6.07. The van der Waals surface area contributed by atoms with E-state index in [0.29, 0.717) is 5.39 Å². The van der Waals surface area contributed by atoms with Gasteiger partial charge in [0.1, 0.15) is 5.69 Å². The number of rotatable bonds is 8. The molecule has 3 aromatic rings. The predicted octanol–water partition coefficient (Wildman–Crippen LogP) is 4.83. The fourth-order valence-corrected chi connectivity index (χ4v) is 5.36. The molecule has 1 amide bonds. The number of hydrogen-bond donors (Lipinski definition) is 3. The van der Waals surface area contributed by atoms with Crippen molar-refractivity contribution < 1.29 is 35.2 Å². The van der Waals surface area contributed by atoms with E-state index < -0.39 is 52.9 Å². The van der Waals surface area contributed by atoms with E-state index in [1.54, 1.807) is 0 Å². The van der Waals surface area contributed by atoms with Crippen LogP contribution in [0.4, 0.5) is 33.3 Å². The molecule has 15 heteroatoms. The van der Waals surface area contributed by atoms with Gasteiger partial charge in [-0.1, -0.05) is 17.7 Å². The number of benzene rings is 2. The van der Waals surface area contributed by atoms with Gasteiger partial charge in [0.2, 0.25) is 10.0 Å². The Morgan fingerprint density at radius 1 is 1.12 bits per heavy atom. The number of sulfonamides is 1. The standard InChI is InChI=1S/C25H25ClF5N5O3S/c1-40(38,39)35-16-4-2-3-14(7-16)24(37)33-18-9-17(11-36(12-18)13-23(27)28)32-21-10-22(25(29,30)31)34-20-6-5-15(26)8-19(20)21/h2-8,10,17-18,23,35H,9,11-13H2,1H3,(H,32,34)(H,33,37)/t17-,18+/m1/s1. The molecule has 0 unspecified atom stereocenters. The zero-order valence-corrected chi connectivity index (χ0v) is 22.5. The molecular weight excluding hydrogens is 581 g/mol. The first-order valence-corrected chi connectivity index (χ1v) is 14.3. The third-order valence-corrected chi connectivity index (χ3v) is 6.95. The molecule has 1 saturated heterocycles. The first kappa shape index (κ1) is 29.7. The van der Waals surface area contributed by atoms with Crippen LogP contribution in [0.3, 0.4) is 0 Å². The predicted molar refractivity (Wildman–Crippen MR) is 142 cm³/mol. The van der Waals surface area contributed by atoms with Crippen LogP contribution in [0.25, 0.3) is 10.9 Å². The average Bonchev–Trinajstić information content (AvgIpc) is 2.82. The Morgan fingerprint density at radius 2 is 1.85 bits per heavy atom. The largest absolute Gasteiger partial charge is 0.433 e.